The van der Waals surface area contributed by atoms with Crippen LogP contribution in [0.1, 0.15) is 24.6 Å². The summed E-state index contributed by atoms with van der Waals surface area (Å²) in [6.45, 7) is 3.98. The highest BCUT2D eigenvalue weighted by molar-refractivity contribution is 9.10. The molecule has 0 saturated carbocycles. The zero-order chi connectivity index (χ0) is 20.1. The number of aryl methyl sites for hydroxylation is 2. The summed E-state index contributed by atoms with van der Waals surface area (Å²) in [5.74, 6) is 1.30. The van der Waals surface area contributed by atoms with Crippen molar-refractivity contribution in [1.82, 2.24) is 25.3 Å². The number of nitrogens with zero attached hydrogens (tertiary/aromatic N) is 3. The summed E-state index contributed by atoms with van der Waals surface area (Å²) in [7, 11) is 1.35. The van der Waals surface area contributed by atoms with E-state index < -0.39 is 6.09 Å². The van der Waals surface area contributed by atoms with Gasteiger partial charge in [-0.3, -0.25) is 0 Å². The van der Waals surface area contributed by atoms with Gasteiger partial charge < -0.3 is 15.0 Å². The van der Waals surface area contributed by atoms with Crippen molar-refractivity contribution in [3.63, 3.8) is 0 Å². The second-order valence-corrected chi connectivity index (χ2v) is 7.35. The normalized spacial score (nSPS) is 11.9. The van der Waals surface area contributed by atoms with E-state index in [1.54, 1.807) is 6.20 Å². The molecular weight excluding hydrogens is 422 g/mol. The van der Waals surface area contributed by atoms with Crippen molar-refractivity contribution in [2.75, 3.05) is 7.11 Å². The molecule has 1 atom stereocenters. The Morgan fingerprint density at radius 2 is 2.00 bits per heavy atom. The lowest BCUT2D eigenvalue weighted by Crippen LogP contribution is -2.32. The lowest BCUT2D eigenvalue weighted by molar-refractivity contribution is 0.167. The molecule has 1 amide bonds. The molecule has 0 spiro atoms. The number of aromatic nitrogens is 4. The molecule has 0 bridgehead atoms. The van der Waals surface area contributed by atoms with E-state index in [2.05, 4.69) is 45.9 Å². The first-order valence-corrected chi connectivity index (χ1v) is 9.75. The summed E-state index contributed by atoms with van der Waals surface area (Å²) < 4.78 is 5.35. The quantitative estimate of drug-likeness (QED) is 0.592. The van der Waals surface area contributed by atoms with Crippen LogP contribution in [-0.4, -0.2) is 39.2 Å². The number of ether oxygens (including phenoxy) is 1. The lowest BCUT2D eigenvalue weighted by atomic mass is 10.1. The van der Waals surface area contributed by atoms with Crippen LogP contribution in [0.3, 0.4) is 0 Å². The monoisotopic (exact) mass is 443 g/mol. The summed E-state index contributed by atoms with van der Waals surface area (Å²) in [4.78, 5) is 28.2. The maximum Gasteiger partial charge on any atom is 0.407 e. The molecule has 0 aliphatic carbocycles. The molecular formula is C20H22BrN5O2. The second kappa shape index (κ2) is 8.97. The number of imidazole rings is 1. The van der Waals surface area contributed by atoms with Gasteiger partial charge in [0.05, 0.1) is 7.11 Å². The number of methoxy groups -OCH3 is 1. The molecule has 0 aliphatic rings. The van der Waals surface area contributed by atoms with Gasteiger partial charge in [0, 0.05) is 23.5 Å². The van der Waals surface area contributed by atoms with E-state index in [1.807, 2.05) is 44.2 Å². The van der Waals surface area contributed by atoms with Gasteiger partial charge in [0.2, 0.25) is 0 Å². The van der Waals surface area contributed by atoms with Gasteiger partial charge in [-0.1, -0.05) is 29.8 Å². The Balaban J connectivity index is 1.75. The third-order valence-electron chi connectivity index (χ3n) is 4.29. The number of H-pyrrole nitrogens is 1. The molecule has 3 aromatic rings. The Morgan fingerprint density at radius 1 is 1.25 bits per heavy atom. The van der Waals surface area contributed by atoms with Crippen LogP contribution in [0.25, 0.3) is 22.9 Å². The van der Waals surface area contributed by atoms with Crippen LogP contribution >= 0.6 is 15.9 Å². The highest BCUT2D eigenvalue weighted by atomic mass is 79.9. The minimum Gasteiger partial charge on any atom is -0.453 e. The van der Waals surface area contributed by atoms with E-state index in [0.29, 0.717) is 17.9 Å². The third-order valence-corrected chi connectivity index (χ3v) is 4.87. The van der Waals surface area contributed by atoms with Crippen LogP contribution in [0, 0.1) is 6.92 Å². The Kier molecular flexibility index (Phi) is 6.41. The number of hydrogen-bond donors (Lipinski definition) is 2. The van der Waals surface area contributed by atoms with Crippen molar-refractivity contribution in [3.8, 4) is 22.9 Å². The second-order valence-electron chi connectivity index (χ2n) is 6.56. The fraction of sp³-hybridized carbons (Fsp3) is 0.300. The van der Waals surface area contributed by atoms with Gasteiger partial charge in [-0.25, -0.2) is 19.7 Å². The van der Waals surface area contributed by atoms with Crippen molar-refractivity contribution < 1.29 is 9.53 Å². The Hall–Kier alpha value is -2.74. The smallest absolute Gasteiger partial charge is 0.407 e. The fourth-order valence-electron chi connectivity index (χ4n) is 2.69. The molecule has 0 aliphatic heterocycles. The molecule has 146 valence electrons. The highest BCUT2D eigenvalue weighted by Crippen LogP contribution is 2.27. The van der Waals surface area contributed by atoms with Gasteiger partial charge in [0.1, 0.15) is 16.1 Å². The molecule has 0 fully saturated rings. The van der Waals surface area contributed by atoms with E-state index in [4.69, 9.17) is 0 Å². The van der Waals surface area contributed by atoms with E-state index in [1.165, 1.54) is 12.7 Å². The minimum atomic E-state index is -0.431. The number of benzene rings is 1. The largest absolute Gasteiger partial charge is 0.453 e. The number of carbonyl (C=O) groups excluding carboxylic acids is 1. The molecule has 1 aromatic carbocycles. The summed E-state index contributed by atoms with van der Waals surface area (Å²) in [5, 5.41) is 2.75. The Labute approximate surface area is 172 Å². The van der Waals surface area contributed by atoms with Crippen LogP contribution < -0.4 is 5.32 Å². The fourth-order valence-corrected chi connectivity index (χ4v) is 3.15. The number of alkyl carbamates (subject to hydrolysis) is 1. The van der Waals surface area contributed by atoms with Crippen molar-refractivity contribution in [2.45, 2.75) is 32.7 Å². The van der Waals surface area contributed by atoms with E-state index >= 15 is 0 Å². The summed E-state index contributed by atoms with van der Waals surface area (Å²) in [5.41, 5.74) is 3.74. The zero-order valence-corrected chi connectivity index (χ0v) is 17.6. The van der Waals surface area contributed by atoms with Crippen LogP contribution in [0.5, 0.6) is 0 Å². The molecule has 0 radical (unpaired) electrons. The molecule has 7 nitrogen and oxygen atoms in total. The SMILES string of the molecule is COC(=O)N[C@@H](C)CCc1ccnc(-c2nc(-c3ccc(C)cc3)[nH]c2Br)n1. The number of hydrogen-bond acceptors (Lipinski definition) is 5. The minimum absolute atomic E-state index is 0.0175. The summed E-state index contributed by atoms with van der Waals surface area (Å²) in [6, 6.07) is 10.00. The average molecular weight is 444 g/mol. The van der Waals surface area contributed by atoms with Crippen LogP contribution in [0.15, 0.2) is 41.1 Å². The Bertz CT molecular complexity index is 955. The summed E-state index contributed by atoms with van der Waals surface area (Å²) in [6.07, 6.45) is 2.73. The predicted octanol–water partition coefficient (Wildman–Crippen LogP) is 4.28. The predicted molar refractivity (Wildman–Crippen MR) is 111 cm³/mol. The van der Waals surface area contributed by atoms with Gasteiger partial charge in [-0.15, -0.1) is 0 Å². The third kappa shape index (κ3) is 4.95. The number of rotatable bonds is 6. The number of halogens is 1. The van der Waals surface area contributed by atoms with Gasteiger partial charge in [0.15, 0.2) is 5.82 Å². The van der Waals surface area contributed by atoms with E-state index in [-0.39, 0.29) is 6.04 Å². The molecule has 0 unspecified atom stereocenters. The Morgan fingerprint density at radius 3 is 2.71 bits per heavy atom. The van der Waals surface area contributed by atoms with Crippen molar-refractivity contribution in [3.05, 3.63) is 52.4 Å². The first kappa shape index (κ1) is 20.0. The van der Waals surface area contributed by atoms with Gasteiger partial charge in [-0.2, -0.15) is 0 Å². The lowest BCUT2D eigenvalue weighted by Gasteiger charge is -2.12. The maximum absolute atomic E-state index is 11.3. The van der Waals surface area contributed by atoms with Crippen LogP contribution in [0.4, 0.5) is 4.79 Å². The van der Waals surface area contributed by atoms with E-state index in [9.17, 15) is 4.79 Å². The first-order chi connectivity index (χ1) is 13.5. The van der Waals surface area contributed by atoms with Gasteiger partial charge in [0.25, 0.3) is 0 Å². The molecule has 2 N–H and O–H groups in total. The van der Waals surface area contributed by atoms with Crippen molar-refractivity contribution in [2.24, 2.45) is 0 Å². The number of aromatic amines is 1. The van der Waals surface area contributed by atoms with Crippen molar-refractivity contribution >= 4 is 22.0 Å². The number of amides is 1. The van der Waals surface area contributed by atoms with E-state index in [0.717, 1.165) is 28.1 Å². The average Bonchev–Trinajstić information content (AvgIpc) is 3.08. The molecule has 28 heavy (non-hydrogen) atoms. The molecule has 3 rings (SSSR count). The first-order valence-electron chi connectivity index (χ1n) is 8.95. The van der Waals surface area contributed by atoms with Gasteiger partial charge >= 0.3 is 6.09 Å². The standard InChI is InChI=1S/C20H22BrN5O2/c1-12-4-7-14(8-5-12)18-25-16(17(21)26-18)19-22-11-10-15(24-19)9-6-13(2)23-20(27)28-3/h4-5,7-8,10-11,13H,6,9H2,1-3H3,(H,23,27)(H,25,26)/t13-/m0/s1. The maximum atomic E-state index is 11.3. The molecule has 2 aromatic heterocycles. The number of carbonyl (C=O) groups is 1. The van der Waals surface area contributed by atoms with Gasteiger partial charge in [-0.05, 0) is 48.7 Å². The molecule has 2 heterocycles. The van der Waals surface area contributed by atoms with Crippen LogP contribution in [0.2, 0.25) is 0 Å². The van der Waals surface area contributed by atoms with Crippen molar-refractivity contribution in [1.29, 1.82) is 0 Å². The topological polar surface area (TPSA) is 92.8 Å². The summed E-state index contributed by atoms with van der Waals surface area (Å²) >= 11 is 3.53. The number of nitrogens with one attached hydrogen (secondary N) is 2. The highest BCUT2D eigenvalue weighted by Gasteiger charge is 2.15. The molecule has 0 saturated heterocycles. The van der Waals surface area contributed by atoms with Crippen LogP contribution in [-0.2, 0) is 11.2 Å². The molecule has 8 heteroatoms. The zero-order valence-electron chi connectivity index (χ0n) is 16.0.